The Morgan fingerprint density at radius 2 is 2.00 bits per heavy atom. The number of rotatable bonds is 6. The van der Waals surface area contributed by atoms with E-state index >= 15 is 0 Å². The van der Waals surface area contributed by atoms with Gasteiger partial charge in [-0.2, -0.15) is 5.26 Å². The maximum absolute atomic E-state index is 12.1. The average Bonchev–Trinajstić information content (AvgIpc) is 2.46. The number of carbonyl (C=O) groups is 1. The van der Waals surface area contributed by atoms with Crippen molar-refractivity contribution in [2.24, 2.45) is 5.92 Å². The third-order valence-corrected chi connectivity index (χ3v) is 3.00. The van der Waals surface area contributed by atoms with Crippen LogP contribution in [0.5, 0.6) is 11.5 Å². The van der Waals surface area contributed by atoms with Gasteiger partial charge in [0.05, 0.1) is 32.6 Å². The highest BCUT2D eigenvalue weighted by molar-refractivity contribution is 5.78. The first-order valence-corrected chi connectivity index (χ1v) is 6.36. The maximum atomic E-state index is 12.1. The van der Waals surface area contributed by atoms with Gasteiger partial charge in [-0.25, -0.2) is 0 Å². The van der Waals surface area contributed by atoms with E-state index in [2.05, 4.69) is 6.07 Å². The quantitative estimate of drug-likeness (QED) is 0.795. The second-order valence-electron chi connectivity index (χ2n) is 4.67. The van der Waals surface area contributed by atoms with Crippen molar-refractivity contribution >= 4 is 5.91 Å². The van der Waals surface area contributed by atoms with E-state index in [0.29, 0.717) is 18.0 Å². The Bertz CT molecular complexity index is 508. The van der Waals surface area contributed by atoms with Gasteiger partial charge in [-0.05, 0) is 24.6 Å². The number of benzene rings is 1. The predicted molar refractivity (Wildman–Crippen MR) is 75.7 cm³/mol. The average molecular weight is 276 g/mol. The van der Waals surface area contributed by atoms with Gasteiger partial charge >= 0.3 is 0 Å². The van der Waals surface area contributed by atoms with E-state index in [0.717, 1.165) is 5.56 Å². The van der Waals surface area contributed by atoms with Gasteiger partial charge in [0.15, 0.2) is 11.5 Å². The molecule has 1 atom stereocenters. The summed E-state index contributed by atoms with van der Waals surface area (Å²) in [6.45, 7) is 2.23. The molecule has 108 valence electrons. The molecule has 0 aliphatic heterocycles. The van der Waals surface area contributed by atoms with Crippen LogP contribution in [0.1, 0.15) is 12.5 Å². The first-order chi connectivity index (χ1) is 9.51. The lowest BCUT2D eigenvalue weighted by molar-refractivity contribution is -0.129. The van der Waals surface area contributed by atoms with Crippen LogP contribution in [0.2, 0.25) is 0 Å². The van der Waals surface area contributed by atoms with E-state index in [-0.39, 0.29) is 18.2 Å². The molecule has 0 bridgehead atoms. The molecule has 0 spiro atoms. The Morgan fingerprint density at radius 1 is 1.35 bits per heavy atom. The number of likely N-dealkylation sites (N-methyl/N-ethyl adjacent to an activating group) is 1. The molecule has 0 radical (unpaired) electrons. The summed E-state index contributed by atoms with van der Waals surface area (Å²) in [7, 11) is 4.83. The SMILES string of the molecule is COc1ccc(CC(=O)N(C)CC(C)C#N)cc1OC. The highest BCUT2D eigenvalue weighted by Crippen LogP contribution is 2.27. The summed E-state index contributed by atoms with van der Waals surface area (Å²) in [5.74, 6) is 1.04. The van der Waals surface area contributed by atoms with Crippen LogP contribution in [0.25, 0.3) is 0 Å². The van der Waals surface area contributed by atoms with Gasteiger partial charge in [-0.15, -0.1) is 0 Å². The van der Waals surface area contributed by atoms with Crippen LogP contribution in [0, 0.1) is 17.2 Å². The minimum Gasteiger partial charge on any atom is -0.493 e. The summed E-state index contributed by atoms with van der Waals surface area (Å²) in [6.07, 6.45) is 0.273. The van der Waals surface area contributed by atoms with Crippen LogP contribution in [-0.2, 0) is 11.2 Å². The Hall–Kier alpha value is -2.22. The Morgan fingerprint density at radius 3 is 2.55 bits per heavy atom. The van der Waals surface area contributed by atoms with Crippen molar-refractivity contribution in [3.8, 4) is 17.6 Å². The van der Waals surface area contributed by atoms with Gasteiger partial charge in [-0.3, -0.25) is 4.79 Å². The molecule has 0 saturated heterocycles. The highest BCUT2D eigenvalue weighted by Gasteiger charge is 2.14. The summed E-state index contributed by atoms with van der Waals surface area (Å²) in [4.78, 5) is 13.6. The standard InChI is InChI=1S/C15H20N2O3/c1-11(9-16)10-17(2)15(18)8-12-5-6-13(19-3)14(7-12)20-4/h5-7,11H,8,10H2,1-4H3. The minimum atomic E-state index is -0.172. The number of nitrogens with zero attached hydrogens (tertiary/aromatic N) is 2. The smallest absolute Gasteiger partial charge is 0.226 e. The molecule has 0 aliphatic rings. The second kappa shape index (κ2) is 7.39. The molecule has 5 heteroatoms. The van der Waals surface area contributed by atoms with Crippen LogP contribution in [0.15, 0.2) is 18.2 Å². The number of ether oxygens (including phenoxy) is 2. The van der Waals surface area contributed by atoms with Crippen LogP contribution >= 0.6 is 0 Å². The molecule has 5 nitrogen and oxygen atoms in total. The van der Waals surface area contributed by atoms with Gasteiger partial charge in [0.1, 0.15) is 0 Å². The molecule has 0 aromatic heterocycles. The first-order valence-electron chi connectivity index (χ1n) is 6.36. The molecule has 0 heterocycles. The molecule has 1 rings (SSSR count). The summed E-state index contributed by atoms with van der Waals surface area (Å²) >= 11 is 0. The summed E-state index contributed by atoms with van der Waals surface area (Å²) in [5, 5.41) is 8.76. The van der Waals surface area contributed by atoms with E-state index < -0.39 is 0 Å². The summed E-state index contributed by atoms with van der Waals surface area (Å²) in [6, 6.07) is 7.52. The third kappa shape index (κ3) is 4.16. The zero-order chi connectivity index (χ0) is 15.1. The Balaban J connectivity index is 2.73. The molecule has 1 aromatic carbocycles. The number of hydrogen-bond acceptors (Lipinski definition) is 4. The van der Waals surface area contributed by atoms with Gasteiger partial charge in [-0.1, -0.05) is 6.07 Å². The fourth-order valence-corrected chi connectivity index (χ4v) is 1.85. The number of carbonyl (C=O) groups excluding carboxylic acids is 1. The number of amides is 1. The van der Waals surface area contributed by atoms with Crippen LogP contribution in [0.4, 0.5) is 0 Å². The molecular weight excluding hydrogens is 256 g/mol. The first kappa shape index (κ1) is 15.8. The molecule has 0 saturated carbocycles. The van der Waals surface area contributed by atoms with Crippen molar-refractivity contribution in [1.29, 1.82) is 5.26 Å². The predicted octanol–water partition coefficient (Wildman–Crippen LogP) is 1.86. The molecule has 1 unspecified atom stereocenters. The minimum absolute atomic E-state index is 0.0284. The maximum Gasteiger partial charge on any atom is 0.226 e. The van der Waals surface area contributed by atoms with Crippen molar-refractivity contribution in [2.45, 2.75) is 13.3 Å². The van der Waals surface area contributed by atoms with E-state index in [9.17, 15) is 4.79 Å². The van der Waals surface area contributed by atoms with E-state index in [4.69, 9.17) is 14.7 Å². The zero-order valence-electron chi connectivity index (χ0n) is 12.3. The van der Waals surface area contributed by atoms with Crippen LogP contribution in [0.3, 0.4) is 0 Å². The van der Waals surface area contributed by atoms with E-state index in [1.807, 2.05) is 6.07 Å². The van der Waals surface area contributed by atoms with Crippen molar-refractivity contribution in [3.05, 3.63) is 23.8 Å². The largest absolute Gasteiger partial charge is 0.493 e. The lowest BCUT2D eigenvalue weighted by atomic mass is 10.1. The fraction of sp³-hybridized carbons (Fsp3) is 0.467. The third-order valence-electron chi connectivity index (χ3n) is 3.00. The Labute approximate surface area is 119 Å². The zero-order valence-corrected chi connectivity index (χ0v) is 12.3. The van der Waals surface area contributed by atoms with Gasteiger partial charge in [0.2, 0.25) is 5.91 Å². The topological polar surface area (TPSA) is 62.6 Å². The van der Waals surface area contributed by atoms with E-state index in [1.54, 1.807) is 45.2 Å². The molecule has 1 aromatic rings. The lowest BCUT2D eigenvalue weighted by Crippen LogP contribution is -2.31. The van der Waals surface area contributed by atoms with Gasteiger partial charge in [0.25, 0.3) is 0 Å². The highest BCUT2D eigenvalue weighted by atomic mass is 16.5. The second-order valence-corrected chi connectivity index (χ2v) is 4.67. The van der Waals surface area contributed by atoms with Crippen molar-refractivity contribution < 1.29 is 14.3 Å². The molecule has 0 fully saturated rings. The Kier molecular flexibility index (Phi) is 5.85. The van der Waals surface area contributed by atoms with Crippen molar-refractivity contribution in [3.63, 3.8) is 0 Å². The molecule has 0 N–H and O–H groups in total. The number of hydrogen-bond donors (Lipinski definition) is 0. The molecule has 20 heavy (non-hydrogen) atoms. The van der Waals surface area contributed by atoms with Gasteiger partial charge in [0, 0.05) is 13.6 Å². The normalized spacial score (nSPS) is 11.3. The van der Waals surface area contributed by atoms with Gasteiger partial charge < -0.3 is 14.4 Å². The van der Waals surface area contributed by atoms with Crippen molar-refractivity contribution in [1.82, 2.24) is 4.90 Å². The monoisotopic (exact) mass is 276 g/mol. The van der Waals surface area contributed by atoms with E-state index in [1.165, 1.54) is 0 Å². The lowest BCUT2D eigenvalue weighted by Gasteiger charge is -2.18. The molecule has 1 amide bonds. The van der Waals surface area contributed by atoms with Crippen LogP contribution in [-0.4, -0.2) is 38.6 Å². The fourth-order valence-electron chi connectivity index (χ4n) is 1.85. The molecule has 0 aliphatic carbocycles. The number of nitriles is 1. The molecular formula is C15H20N2O3. The summed E-state index contributed by atoms with van der Waals surface area (Å²) in [5.41, 5.74) is 0.851. The summed E-state index contributed by atoms with van der Waals surface area (Å²) < 4.78 is 10.4. The van der Waals surface area contributed by atoms with Crippen LogP contribution < -0.4 is 9.47 Å². The number of methoxy groups -OCH3 is 2. The van der Waals surface area contributed by atoms with Crippen molar-refractivity contribution in [2.75, 3.05) is 27.8 Å².